The van der Waals surface area contributed by atoms with E-state index in [9.17, 15) is 13.6 Å². The molecule has 0 saturated carbocycles. The van der Waals surface area contributed by atoms with Gasteiger partial charge in [0.1, 0.15) is 23.4 Å². The molecule has 1 unspecified atom stereocenters. The van der Waals surface area contributed by atoms with Crippen molar-refractivity contribution in [2.75, 3.05) is 6.61 Å². The molecule has 0 radical (unpaired) electrons. The normalized spacial score (nSPS) is 15.2. The number of carbonyl (C=O) groups is 1. The summed E-state index contributed by atoms with van der Waals surface area (Å²) in [6.07, 6.45) is 0.139. The third kappa shape index (κ3) is 2.08. The van der Waals surface area contributed by atoms with Crippen LogP contribution in [0.3, 0.4) is 0 Å². The quantitative estimate of drug-likeness (QED) is 0.825. The van der Waals surface area contributed by atoms with E-state index in [0.29, 0.717) is 12.0 Å². The number of carboxylic acids is 1. The summed E-state index contributed by atoms with van der Waals surface area (Å²) in [4.78, 5) is 10.6. The van der Waals surface area contributed by atoms with Crippen LogP contribution >= 0.6 is 0 Å². The van der Waals surface area contributed by atoms with Crippen molar-refractivity contribution < 1.29 is 23.4 Å². The van der Waals surface area contributed by atoms with Crippen LogP contribution in [0.5, 0.6) is 5.75 Å². The molecule has 0 bridgehead atoms. The maximum absolute atomic E-state index is 13.6. The number of hydrogen-bond donors (Lipinski definition) is 2. The molecule has 6 heteroatoms. The van der Waals surface area contributed by atoms with Gasteiger partial charge in [0.25, 0.3) is 0 Å². The highest BCUT2D eigenvalue weighted by molar-refractivity contribution is 5.73. The van der Waals surface area contributed by atoms with Crippen LogP contribution < -0.4 is 10.5 Å². The number of ether oxygens (including phenoxy) is 1. The lowest BCUT2D eigenvalue weighted by atomic mass is 10.0. The fourth-order valence-corrected chi connectivity index (χ4v) is 1.84. The van der Waals surface area contributed by atoms with Crippen molar-refractivity contribution in [2.24, 2.45) is 5.73 Å². The van der Waals surface area contributed by atoms with E-state index in [-0.39, 0.29) is 24.3 Å². The van der Waals surface area contributed by atoms with E-state index in [2.05, 4.69) is 0 Å². The number of rotatable bonds is 3. The fraction of sp³-hybridized carbons (Fsp3) is 0.364. The Kier molecular flexibility index (Phi) is 2.97. The first kappa shape index (κ1) is 11.8. The average molecular weight is 243 g/mol. The lowest BCUT2D eigenvalue weighted by Gasteiger charge is -2.12. The highest BCUT2D eigenvalue weighted by Crippen LogP contribution is 2.34. The van der Waals surface area contributed by atoms with Gasteiger partial charge in [0.15, 0.2) is 0 Å². The number of nitrogens with two attached hydrogens (primary N) is 1. The maximum atomic E-state index is 13.6. The van der Waals surface area contributed by atoms with Crippen molar-refractivity contribution in [1.82, 2.24) is 0 Å². The summed E-state index contributed by atoms with van der Waals surface area (Å²) in [6, 6.07) is -0.486. The minimum absolute atomic E-state index is 0.0359. The van der Waals surface area contributed by atoms with Crippen molar-refractivity contribution in [3.05, 3.63) is 28.8 Å². The molecular formula is C11H11F2NO3. The van der Waals surface area contributed by atoms with E-state index < -0.39 is 23.6 Å². The van der Waals surface area contributed by atoms with E-state index in [0.717, 1.165) is 6.07 Å². The molecule has 1 aliphatic heterocycles. The standard InChI is InChI=1S/C11H11F2NO3/c12-7-4-8(13)6(3-9(14)11(15)16)10-5(7)1-2-17-10/h4,9H,1-3,14H2,(H,15,16). The van der Waals surface area contributed by atoms with E-state index >= 15 is 0 Å². The number of aliphatic carboxylic acids is 1. The third-order valence-corrected chi connectivity index (χ3v) is 2.72. The van der Waals surface area contributed by atoms with Crippen LogP contribution in [-0.2, 0) is 17.6 Å². The van der Waals surface area contributed by atoms with E-state index in [1.54, 1.807) is 0 Å². The molecule has 4 nitrogen and oxygen atoms in total. The smallest absolute Gasteiger partial charge is 0.320 e. The summed E-state index contributed by atoms with van der Waals surface area (Å²) >= 11 is 0. The van der Waals surface area contributed by atoms with Crippen LogP contribution in [0.15, 0.2) is 6.07 Å². The van der Waals surface area contributed by atoms with Gasteiger partial charge in [-0.15, -0.1) is 0 Å². The van der Waals surface area contributed by atoms with Crippen LogP contribution in [0.1, 0.15) is 11.1 Å². The highest BCUT2D eigenvalue weighted by atomic mass is 19.1. The van der Waals surface area contributed by atoms with Gasteiger partial charge in [-0.05, 0) is 0 Å². The van der Waals surface area contributed by atoms with Crippen LogP contribution in [0, 0.1) is 11.6 Å². The Hall–Kier alpha value is -1.69. The number of fused-ring (bicyclic) bond motifs is 1. The predicted octanol–water partition coefficient (Wildman–Crippen LogP) is 0.854. The summed E-state index contributed by atoms with van der Waals surface area (Å²) in [5.74, 6) is -2.61. The zero-order valence-corrected chi connectivity index (χ0v) is 8.87. The molecule has 0 aromatic heterocycles. The minimum atomic E-state index is -1.24. The van der Waals surface area contributed by atoms with Crippen LogP contribution in [0.4, 0.5) is 8.78 Å². The molecular weight excluding hydrogens is 232 g/mol. The Morgan fingerprint density at radius 3 is 2.88 bits per heavy atom. The predicted molar refractivity (Wildman–Crippen MR) is 54.9 cm³/mol. The zero-order chi connectivity index (χ0) is 12.6. The number of hydrogen-bond acceptors (Lipinski definition) is 3. The van der Waals surface area contributed by atoms with Gasteiger partial charge in [-0.3, -0.25) is 4.79 Å². The molecule has 1 heterocycles. The van der Waals surface area contributed by atoms with Gasteiger partial charge in [0, 0.05) is 30.0 Å². The molecule has 2 rings (SSSR count). The van der Waals surface area contributed by atoms with Crippen LogP contribution in [-0.4, -0.2) is 23.7 Å². The van der Waals surface area contributed by atoms with Gasteiger partial charge >= 0.3 is 5.97 Å². The van der Waals surface area contributed by atoms with E-state index in [1.807, 2.05) is 0 Å². The maximum Gasteiger partial charge on any atom is 0.320 e. The molecule has 1 aromatic rings. The number of halogens is 2. The monoisotopic (exact) mass is 243 g/mol. The Bertz CT molecular complexity index is 476. The molecule has 1 atom stereocenters. The second kappa shape index (κ2) is 4.29. The molecule has 17 heavy (non-hydrogen) atoms. The first-order valence-electron chi connectivity index (χ1n) is 5.11. The minimum Gasteiger partial charge on any atom is -0.492 e. The first-order chi connectivity index (χ1) is 8.00. The van der Waals surface area contributed by atoms with Gasteiger partial charge < -0.3 is 15.6 Å². The van der Waals surface area contributed by atoms with Gasteiger partial charge in [-0.2, -0.15) is 0 Å². The van der Waals surface area contributed by atoms with Crippen molar-refractivity contribution in [2.45, 2.75) is 18.9 Å². The highest BCUT2D eigenvalue weighted by Gasteiger charge is 2.26. The number of benzene rings is 1. The molecule has 0 aliphatic carbocycles. The fourth-order valence-electron chi connectivity index (χ4n) is 1.84. The van der Waals surface area contributed by atoms with Crippen molar-refractivity contribution in [3.63, 3.8) is 0 Å². The van der Waals surface area contributed by atoms with Crippen LogP contribution in [0.25, 0.3) is 0 Å². The Balaban J connectivity index is 2.40. The lowest BCUT2D eigenvalue weighted by Crippen LogP contribution is -2.32. The largest absolute Gasteiger partial charge is 0.492 e. The molecule has 1 aromatic carbocycles. The van der Waals surface area contributed by atoms with Crippen molar-refractivity contribution >= 4 is 5.97 Å². The summed E-state index contributed by atoms with van der Waals surface area (Å²) in [5.41, 5.74) is 5.66. The van der Waals surface area contributed by atoms with E-state index in [4.69, 9.17) is 15.6 Å². The van der Waals surface area contributed by atoms with Crippen LogP contribution in [0.2, 0.25) is 0 Å². The summed E-state index contributed by atoms with van der Waals surface area (Å²) in [7, 11) is 0. The van der Waals surface area contributed by atoms with Crippen molar-refractivity contribution in [1.29, 1.82) is 0 Å². The Morgan fingerprint density at radius 1 is 1.53 bits per heavy atom. The van der Waals surface area contributed by atoms with Gasteiger partial charge in [0.05, 0.1) is 6.61 Å². The summed E-state index contributed by atoms with van der Waals surface area (Å²) in [6.45, 7) is 0.269. The van der Waals surface area contributed by atoms with Gasteiger partial charge in [-0.25, -0.2) is 8.78 Å². The second-order valence-electron chi connectivity index (χ2n) is 3.87. The topological polar surface area (TPSA) is 72.5 Å². The third-order valence-electron chi connectivity index (χ3n) is 2.72. The molecule has 1 aliphatic rings. The van der Waals surface area contributed by atoms with Crippen molar-refractivity contribution in [3.8, 4) is 5.75 Å². The first-order valence-corrected chi connectivity index (χ1v) is 5.11. The van der Waals surface area contributed by atoms with Gasteiger partial charge in [-0.1, -0.05) is 0 Å². The lowest BCUT2D eigenvalue weighted by molar-refractivity contribution is -0.138. The molecule has 0 fully saturated rings. The molecule has 92 valence electrons. The summed E-state index contributed by atoms with van der Waals surface area (Å²) < 4.78 is 32.1. The summed E-state index contributed by atoms with van der Waals surface area (Å²) in [5, 5.41) is 8.67. The average Bonchev–Trinajstić information content (AvgIpc) is 2.72. The molecule has 0 spiro atoms. The number of carboxylic acid groups (broad SMARTS) is 1. The molecule has 3 N–H and O–H groups in total. The molecule has 0 amide bonds. The Labute approximate surface area is 96.0 Å². The van der Waals surface area contributed by atoms with E-state index in [1.165, 1.54) is 0 Å². The molecule has 0 saturated heterocycles. The SMILES string of the molecule is NC(Cc1c(F)cc(F)c2c1OCC2)C(=O)O. The zero-order valence-electron chi connectivity index (χ0n) is 8.87. The second-order valence-corrected chi connectivity index (χ2v) is 3.87. The Morgan fingerprint density at radius 2 is 2.24 bits per heavy atom. The van der Waals surface area contributed by atoms with Gasteiger partial charge in [0.2, 0.25) is 0 Å².